The van der Waals surface area contributed by atoms with Gasteiger partial charge in [0.2, 0.25) is 0 Å². The van der Waals surface area contributed by atoms with E-state index in [4.69, 9.17) is 13.9 Å². The number of hydrogen-bond acceptors (Lipinski definition) is 7. The highest BCUT2D eigenvalue weighted by atomic mass is 16.7. The van der Waals surface area contributed by atoms with Gasteiger partial charge in [-0.3, -0.25) is 10.1 Å². The van der Waals surface area contributed by atoms with E-state index in [2.05, 4.69) is 0 Å². The first kappa shape index (κ1) is 18.9. The molecule has 1 aliphatic carbocycles. The van der Waals surface area contributed by atoms with Crippen molar-refractivity contribution in [3.8, 4) is 11.3 Å². The van der Waals surface area contributed by atoms with E-state index >= 15 is 0 Å². The Bertz CT molecular complexity index is 1030. The van der Waals surface area contributed by atoms with Crippen LogP contribution in [-0.2, 0) is 19.1 Å². The first-order valence-corrected chi connectivity index (χ1v) is 9.32. The van der Waals surface area contributed by atoms with E-state index in [1.807, 2.05) is 0 Å². The maximum atomic E-state index is 12.3. The second-order valence-electron chi connectivity index (χ2n) is 7.35. The zero-order valence-corrected chi connectivity index (χ0v) is 16.0. The topological polar surface area (TPSA) is 109 Å². The SMILES string of the molecule is Cc1cc(-c2ccc(C=C3C(=O)OC4(CCCC4)OC3=O)o2)cc([N+](=O)[O-])c1C. The van der Waals surface area contributed by atoms with Gasteiger partial charge in [-0.1, -0.05) is 0 Å². The zero-order chi connectivity index (χ0) is 20.8. The molecule has 1 saturated heterocycles. The van der Waals surface area contributed by atoms with Crippen molar-refractivity contribution in [2.75, 3.05) is 0 Å². The molecule has 1 aromatic heterocycles. The number of nitro benzene ring substituents is 1. The van der Waals surface area contributed by atoms with Crippen LogP contribution in [0.15, 0.2) is 34.3 Å². The molecule has 0 amide bonds. The fourth-order valence-electron chi connectivity index (χ4n) is 3.69. The van der Waals surface area contributed by atoms with Gasteiger partial charge >= 0.3 is 11.9 Å². The molecular weight excluding hydrogens is 378 g/mol. The Hall–Kier alpha value is -3.42. The average Bonchev–Trinajstić information content (AvgIpc) is 3.30. The Labute approximate surface area is 166 Å². The molecule has 1 aliphatic heterocycles. The van der Waals surface area contributed by atoms with Crippen molar-refractivity contribution in [2.24, 2.45) is 0 Å². The van der Waals surface area contributed by atoms with Crippen molar-refractivity contribution in [2.45, 2.75) is 45.3 Å². The third-order valence-corrected chi connectivity index (χ3v) is 5.40. The summed E-state index contributed by atoms with van der Waals surface area (Å²) < 4.78 is 16.5. The van der Waals surface area contributed by atoms with Crippen LogP contribution in [0.25, 0.3) is 17.4 Å². The number of nitro groups is 1. The minimum Gasteiger partial charge on any atom is -0.457 e. The molecule has 2 heterocycles. The highest BCUT2D eigenvalue weighted by molar-refractivity contribution is 6.18. The fourth-order valence-corrected chi connectivity index (χ4v) is 3.69. The van der Waals surface area contributed by atoms with Gasteiger partial charge in [0.25, 0.3) is 11.5 Å². The molecule has 0 N–H and O–H groups in total. The van der Waals surface area contributed by atoms with Gasteiger partial charge in [-0.2, -0.15) is 0 Å². The maximum absolute atomic E-state index is 12.3. The van der Waals surface area contributed by atoms with Crippen molar-refractivity contribution in [1.29, 1.82) is 0 Å². The number of aryl methyl sites for hydroxylation is 1. The van der Waals surface area contributed by atoms with Crippen LogP contribution in [0, 0.1) is 24.0 Å². The number of hydrogen-bond donors (Lipinski definition) is 0. The molecule has 1 aromatic carbocycles. The summed E-state index contributed by atoms with van der Waals surface area (Å²) in [6.45, 7) is 3.47. The third-order valence-electron chi connectivity index (χ3n) is 5.40. The van der Waals surface area contributed by atoms with Gasteiger partial charge in [0.15, 0.2) is 0 Å². The molecule has 4 rings (SSSR count). The molecule has 8 heteroatoms. The number of nitrogens with zero attached hydrogens (tertiary/aromatic N) is 1. The van der Waals surface area contributed by atoms with Gasteiger partial charge in [-0.15, -0.1) is 0 Å². The van der Waals surface area contributed by atoms with Crippen molar-refractivity contribution >= 4 is 23.7 Å². The molecule has 29 heavy (non-hydrogen) atoms. The molecule has 0 unspecified atom stereocenters. The molecular formula is C21H19NO7. The first-order valence-electron chi connectivity index (χ1n) is 9.32. The molecule has 2 aromatic rings. The van der Waals surface area contributed by atoms with Crippen LogP contribution < -0.4 is 0 Å². The number of carbonyl (C=O) groups excluding carboxylic acids is 2. The summed E-state index contributed by atoms with van der Waals surface area (Å²) in [5.74, 6) is -1.97. The Morgan fingerprint density at radius 1 is 1.07 bits per heavy atom. The Balaban J connectivity index is 1.62. The largest absolute Gasteiger partial charge is 0.457 e. The highest BCUT2D eigenvalue weighted by Crippen LogP contribution is 2.39. The molecule has 0 radical (unpaired) electrons. The number of ether oxygens (including phenoxy) is 2. The smallest absolute Gasteiger partial charge is 0.349 e. The summed E-state index contributed by atoms with van der Waals surface area (Å²) in [5, 5.41) is 11.3. The van der Waals surface area contributed by atoms with Crippen molar-refractivity contribution in [3.05, 3.63) is 56.8 Å². The molecule has 8 nitrogen and oxygen atoms in total. The Morgan fingerprint density at radius 3 is 2.34 bits per heavy atom. The van der Waals surface area contributed by atoms with Gasteiger partial charge in [-0.05, 0) is 50.5 Å². The standard InChI is InChI=1S/C21H19NO7/c1-12-9-14(10-17(13(12)2)22(25)26)18-6-5-15(27-18)11-16-19(23)28-21(29-20(16)24)7-3-4-8-21/h5-6,9-11H,3-4,7-8H2,1-2H3. The average molecular weight is 397 g/mol. The summed E-state index contributed by atoms with van der Waals surface area (Å²) >= 11 is 0. The van der Waals surface area contributed by atoms with Crippen LogP contribution in [0.2, 0.25) is 0 Å². The van der Waals surface area contributed by atoms with Crippen molar-refractivity contribution in [1.82, 2.24) is 0 Å². The predicted molar refractivity (Wildman–Crippen MR) is 102 cm³/mol. The molecule has 2 fully saturated rings. The summed E-state index contributed by atoms with van der Waals surface area (Å²) in [6, 6.07) is 6.41. The molecule has 150 valence electrons. The van der Waals surface area contributed by atoms with E-state index in [1.54, 1.807) is 32.0 Å². The van der Waals surface area contributed by atoms with E-state index < -0.39 is 22.6 Å². The zero-order valence-electron chi connectivity index (χ0n) is 16.0. The second-order valence-corrected chi connectivity index (χ2v) is 7.35. The maximum Gasteiger partial charge on any atom is 0.349 e. The lowest BCUT2D eigenvalue weighted by Gasteiger charge is -2.32. The number of rotatable bonds is 3. The lowest BCUT2D eigenvalue weighted by Crippen LogP contribution is -2.44. The number of esters is 2. The van der Waals surface area contributed by atoms with Crippen LogP contribution in [0.3, 0.4) is 0 Å². The van der Waals surface area contributed by atoms with Crippen LogP contribution in [0.1, 0.15) is 42.6 Å². The van der Waals surface area contributed by atoms with Crippen LogP contribution in [-0.4, -0.2) is 22.6 Å². The summed E-state index contributed by atoms with van der Waals surface area (Å²) in [5.41, 5.74) is 1.63. The normalized spacial score (nSPS) is 17.9. The minimum atomic E-state index is -1.13. The fraction of sp³-hybridized carbons (Fsp3) is 0.333. The number of carbonyl (C=O) groups is 2. The molecule has 1 spiro atoms. The van der Waals surface area contributed by atoms with E-state index in [9.17, 15) is 19.7 Å². The van der Waals surface area contributed by atoms with E-state index in [0.717, 1.165) is 18.4 Å². The van der Waals surface area contributed by atoms with E-state index in [-0.39, 0.29) is 17.0 Å². The molecule has 0 bridgehead atoms. The monoisotopic (exact) mass is 397 g/mol. The lowest BCUT2D eigenvalue weighted by atomic mass is 10.0. The van der Waals surface area contributed by atoms with Crippen molar-refractivity contribution in [3.63, 3.8) is 0 Å². The number of benzene rings is 1. The third kappa shape index (κ3) is 3.41. The molecule has 2 aliphatic rings. The van der Waals surface area contributed by atoms with Gasteiger partial charge in [-0.25, -0.2) is 9.59 Å². The summed E-state index contributed by atoms with van der Waals surface area (Å²) in [7, 11) is 0. The summed E-state index contributed by atoms with van der Waals surface area (Å²) in [4.78, 5) is 35.5. The Morgan fingerprint density at radius 2 is 1.72 bits per heavy atom. The van der Waals surface area contributed by atoms with Gasteiger partial charge in [0.1, 0.15) is 17.1 Å². The van der Waals surface area contributed by atoms with E-state index in [0.29, 0.717) is 29.7 Å². The van der Waals surface area contributed by atoms with Crippen molar-refractivity contribution < 1.29 is 28.4 Å². The quantitative estimate of drug-likeness (QED) is 0.251. The van der Waals surface area contributed by atoms with Gasteiger partial charge in [0, 0.05) is 36.1 Å². The minimum absolute atomic E-state index is 0.00222. The summed E-state index contributed by atoms with van der Waals surface area (Å²) in [6.07, 6.45) is 3.96. The van der Waals surface area contributed by atoms with Gasteiger partial charge in [0.05, 0.1) is 4.92 Å². The van der Waals surface area contributed by atoms with Gasteiger partial charge < -0.3 is 13.9 Å². The van der Waals surface area contributed by atoms with E-state index in [1.165, 1.54) is 12.1 Å². The first-order chi connectivity index (χ1) is 13.8. The number of furan rings is 1. The van der Waals surface area contributed by atoms with Crippen LogP contribution >= 0.6 is 0 Å². The highest BCUT2D eigenvalue weighted by Gasteiger charge is 2.48. The second kappa shape index (κ2) is 6.88. The molecule has 1 saturated carbocycles. The predicted octanol–water partition coefficient (Wildman–Crippen LogP) is 4.23. The van der Waals surface area contributed by atoms with Crippen LogP contribution in [0.4, 0.5) is 5.69 Å². The van der Waals surface area contributed by atoms with Crippen LogP contribution in [0.5, 0.6) is 0 Å². The Kier molecular flexibility index (Phi) is 4.49. The molecule has 0 atom stereocenters. The lowest BCUT2D eigenvalue weighted by molar-refractivity contribution is -0.385.